The number of nitrogens with zero attached hydrogens (tertiary/aromatic N) is 16. The van der Waals surface area contributed by atoms with Crippen molar-refractivity contribution in [3.05, 3.63) is 388 Å². The molecule has 5 saturated carbocycles. The van der Waals surface area contributed by atoms with E-state index in [0.29, 0.717) is 61.3 Å². The van der Waals surface area contributed by atoms with Crippen LogP contribution in [0.1, 0.15) is 196 Å². The number of rotatable bonds is 20. The molecule has 3 aliphatic heterocycles. The number of halogens is 3. The molecule has 7 aliphatic carbocycles. The third-order valence-corrected chi connectivity index (χ3v) is 29.0. The molecule has 7 N–H and O–H groups in total. The molecule has 0 radical (unpaired) electrons. The van der Waals surface area contributed by atoms with Gasteiger partial charge in [-0.2, -0.15) is 5.10 Å². The third kappa shape index (κ3) is 21.3. The second-order valence-electron chi connectivity index (χ2n) is 39.0. The standard InChI is InChI=1S/2C23H19FN4O3.C22H20FN5O2.2C22H21N5O2/c2*1-28-21-14(5-4-9-26-21)15-12-16(15)20(23(28)30)27-22(29)18-11-13(8-10-25-18)31-19-7-3-2-6-17(19)24;1-27-20-14(8-5-9-24-20)15-10-16(15)18(22(27)30)25-21(29)19-17(23)12-28(26-19)11-13-6-3-2-4-7-13;2*28-18-12-16-15(7-4-10-23-16)22(8-9-22)13-17(18)24-21(29)20-25-19(26-27-20)11-14-5-2-1-3-6-14/h2*2-11,15-16,20H,12H2,1H3,(H,27,29);2-9,12,15-16,18H,10-11H2,1H3,(H,25,29);2*1-7,10,17H,8-9,11-13H2,(H,24,29)(H,25,26,27)/t2*15-,16-,20-;15-,16-,18-;2*17-/m10110/s1. The number of amides is 8. The van der Waals surface area contributed by atoms with Gasteiger partial charge in [0.25, 0.3) is 47.3 Å². The van der Waals surface area contributed by atoms with E-state index < -0.39 is 77.2 Å². The average Bonchev–Trinajstić information content (AvgIpc) is 1.59. The number of carbonyl (C=O) groups is 10. The molecule has 5 aromatic carbocycles. The Morgan fingerprint density at radius 2 is 0.760 bits per heavy atom. The van der Waals surface area contributed by atoms with E-state index in [9.17, 15) is 61.1 Å². The number of nitrogens with one attached hydrogen (secondary N) is 7. The van der Waals surface area contributed by atoms with Crippen molar-refractivity contribution in [1.29, 1.82) is 0 Å². The van der Waals surface area contributed by atoms with E-state index in [4.69, 9.17) is 9.47 Å². The molecule has 756 valence electrons. The summed E-state index contributed by atoms with van der Waals surface area (Å²) < 4.78 is 54.6. The fourth-order valence-electron chi connectivity index (χ4n) is 20.7. The number of ether oxygens (including phenoxy) is 2. The van der Waals surface area contributed by atoms with Crippen molar-refractivity contribution < 1.29 is 70.6 Å². The number of aromatic amines is 2. The SMILES string of the molecule is CN1C(=O)[C@@H](NC(=O)c2cc(Oc3ccccc3F)ccn2)[C@H]2C[C@H]2c2cccnc21.CN1C(=O)[C@H](NC(=O)c2cc(Oc3ccccc3F)ccn2)[C@@H]2C[C@@H]2c2cccnc21.CN1C(=O)[C@H](NC(=O)c2nn(Cc3ccccc3)cc2F)[C@@H]2C[C@@H]2c2cccnc21.O=C(N[C@@H]1CC2(CC2)c2cccnc2CC1=O)c1n[nH]c(Cc2ccccc2)n1.O=C(N[C@H]1CC2(CC2)c2cccnc2CC1=O)c1n[nH]c(Cc2ccccc2)n1. The lowest BCUT2D eigenvalue weighted by atomic mass is 9.90. The van der Waals surface area contributed by atoms with Crippen molar-refractivity contribution in [1.82, 2.24) is 102 Å². The van der Waals surface area contributed by atoms with Crippen molar-refractivity contribution in [2.75, 3.05) is 35.8 Å². The number of benzene rings is 5. The minimum atomic E-state index is -0.736. The molecule has 11 atom stereocenters. The number of aromatic nitrogens is 15. The molecule has 25 rings (SSSR count). The Labute approximate surface area is 857 Å². The van der Waals surface area contributed by atoms with Crippen LogP contribution in [0.15, 0.2) is 274 Å². The Morgan fingerprint density at radius 3 is 1.15 bits per heavy atom. The van der Waals surface area contributed by atoms with Gasteiger partial charge in [0.2, 0.25) is 11.6 Å². The number of H-pyrrole nitrogens is 2. The monoisotopic (exact) mass is 2020 g/mol. The van der Waals surface area contributed by atoms with Crippen LogP contribution in [0.2, 0.25) is 0 Å². The maximum absolute atomic E-state index is 14.4. The molecule has 10 aromatic heterocycles. The number of likely N-dealkylation sites (N-methyl/N-ethyl adjacent to an activating group) is 3. The van der Waals surface area contributed by atoms with E-state index >= 15 is 0 Å². The Morgan fingerprint density at radius 1 is 0.393 bits per heavy atom. The van der Waals surface area contributed by atoms with Crippen LogP contribution in [0.25, 0.3) is 0 Å². The van der Waals surface area contributed by atoms with Crippen molar-refractivity contribution >= 4 is 76.3 Å². The predicted molar refractivity (Wildman–Crippen MR) is 539 cm³/mol. The highest BCUT2D eigenvalue weighted by Crippen LogP contribution is 2.59. The molecule has 0 bridgehead atoms. The zero-order valence-corrected chi connectivity index (χ0v) is 81.4. The van der Waals surface area contributed by atoms with E-state index in [1.807, 2.05) is 140 Å². The summed E-state index contributed by atoms with van der Waals surface area (Å²) >= 11 is 0. The molecule has 10 aliphatic rings. The lowest BCUT2D eigenvalue weighted by Crippen LogP contribution is -2.48. The summed E-state index contributed by atoms with van der Waals surface area (Å²) in [6.45, 7) is 0.349. The number of anilines is 3. The second kappa shape index (κ2) is 41.9. The van der Waals surface area contributed by atoms with Crippen LogP contribution in [0.3, 0.4) is 0 Å². The highest BCUT2D eigenvalue weighted by atomic mass is 19.1. The van der Waals surface area contributed by atoms with Gasteiger partial charge in [0.05, 0.1) is 49.1 Å². The van der Waals surface area contributed by atoms with Gasteiger partial charge in [-0.05, 0) is 215 Å². The van der Waals surface area contributed by atoms with Crippen molar-refractivity contribution in [3.8, 4) is 23.0 Å². The molecule has 0 unspecified atom stereocenters. The largest absolute Gasteiger partial charge is 0.454 e. The summed E-state index contributed by atoms with van der Waals surface area (Å²) in [6.07, 6.45) is 21.8. The van der Waals surface area contributed by atoms with Gasteiger partial charge in [0, 0.05) is 89.5 Å². The number of para-hydroxylation sites is 2. The van der Waals surface area contributed by atoms with Crippen LogP contribution >= 0.6 is 0 Å². The Kier molecular flexibility index (Phi) is 27.4. The summed E-state index contributed by atoms with van der Waals surface area (Å²) in [7, 11) is 4.98. The lowest BCUT2D eigenvalue weighted by molar-refractivity contribution is -0.121. The summed E-state index contributed by atoms with van der Waals surface area (Å²) in [5.41, 5.74) is 9.96. The first-order chi connectivity index (χ1) is 72.8. The first-order valence-electron chi connectivity index (χ1n) is 49.4. The van der Waals surface area contributed by atoms with Crippen LogP contribution < -0.4 is 50.8 Å². The Hall–Kier alpha value is -17.9. The van der Waals surface area contributed by atoms with Crippen molar-refractivity contribution in [2.45, 2.75) is 149 Å². The van der Waals surface area contributed by atoms with E-state index in [2.05, 4.69) is 109 Å². The first-order valence-corrected chi connectivity index (χ1v) is 49.4. The molecule has 35 nitrogen and oxygen atoms in total. The van der Waals surface area contributed by atoms with Gasteiger partial charge < -0.3 is 36.1 Å². The fourth-order valence-corrected chi connectivity index (χ4v) is 20.7. The summed E-state index contributed by atoms with van der Waals surface area (Å²) in [5, 5.41) is 32.0. The second-order valence-corrected chi connectivity index (χ2v) is 39.0. The highest BCUT2D eigenvalue weighted by molar-refractivity contribution is 6.06. The number of hydrogen-bond donors (Lipinski definition) is 7. The first kappa shape index (κ1) is 98.2. The van der Waals surface area contributed by atoms with Gasteiger partial charge >= 0.3 is 0 Å². The number of fused-ring (bicyclic) bond motifs is 13. The quantitative estimate of drug-likeness (QED) is 0.0372. The molecule has 5 fully saturated rings. The van der Waals surface area contributed by atoms with Gasteiger partial charge in [0.15, 0.2) is 46.2 Å². The van der Waals surface area contributed by atoms with E-state index in [-0.39, 0.29) is 140 Å². The Bertz CT molecular complexity index is 7360. The zero-order chi connectivity index (χ0) is 104. The number of Topliss-reactive ketones (excluding diaryl/α,β-unsaturated/α-hetero) is 2. The summed E-state index contributed by atoms with van der Waals surface area (Å²) in [5.74, 6) is -0.515. The Balaban J connectivity index is 0.000000109. The molecular formula is C112H100F3N23O12. The molecule has 8 amide bonds. The third-order valence-electron chi connectivity index (χ3n) is 29.0. The summed E-state index contributed by atoms with van der Waals surface area (Å²) in [4.78, 5) is 172. The highest BCUT2D eigenvalue weighted by Gasteiger charge is 2.57. The fraction of sp³-hybridized carbons (Fsp3) is 0.268. The van der Waals surface area contributed by atoms with Crippen LogP contribution in [0.4, 0.5) is 30.6 Å². The van der Waals surface area contributed by atoms with Crippen LogP contribution in [-0.2, 0) is 67.0 Å². The molecule has 38 heteroatoms. The maximum Gasteiger partial charge on any atom is 0.291 e. The molecule has 13 heterocycles. The lowest BCUT2D eigenvalue weighted by Gasteiger charge is -2.22. The summed E-state index contributed by atoms with van der Waals surface area (Å²) in [6, 6.07) is 63.4. The van der Waals surface area contributed by atoms with Crippen molar-refractivity contribution in [3.63, 3.8) is 0 Å². The van der Waals surface area contributed by atoms with Gasteiger partial charge in [-0.3, -0.25) is 97.5 Å². The van der Waals surface area contributed by atoms with Gasteiger partial charge in [-0.25, -0.2) is 38.1 Å². The molecule has 2 spiro atoms. The molecular weight excluding hydrogens is 1920 g/mol. The number of ketones is 2. The van der Waals surface area contributed by atoms with E-state index in [1.165, 1.54) is 86.5 Å². The van der Waals surface area contributed by atoms with Crippen molar-refractivity contribution in [2.24, 2.45) is 17.8 Å². The molecule has 150 heavy (non-hydrogen) atoms. The van der Waals surface area contributed by atoms with Crippen LogP contribution in [0.5, 0.6) is 23.0 Å². The maximum atomic E-state index is 14.4. The number of carbonyl (C=O) groups excluding carboxylic acids is 10. The van der Waals surface area contributed by atoms with Gasteiger partial charge in [-0.15, -0.1) is 10.2 Å². The molecule has 15 aromatic rings. The topological polar surface area (TPSA) is 450 Å². The number of pyridine rings is 7. The predicted octanol–water partition coefficient (Wildman–Crippen LogP) is 13.2. The minimum Gasteiger partial charge on any atom is -0.454 e. The van der Waals surface area contributed by atoms with E-state index in [1.54, 1.807) is 76.4 Å². The zero-order valence-electron chi connectivity index (χ0n) is 81.4. The minimum absolute atomic E-state index is 0.0119. The average molecular weight is 2020 g/mol. The normalized spacial score (nSPS) is 20.9. The van der Waals surface area contributed by atoms with Crippen LogP contribution in [-0.4, -0.2) is 185 Å². The van der Waals surface area contributed by atoms with Crippen LogP contribution in [0, 0.1) is 35.2 Å². The van der Waals surface area contributed by atoms with Gasteiger partial charge in [-0.1, -0.05) is 146 Å². The number of hydrogen-bond acceptors (Lipinski definition) is 24. The molecule has 0 saturated heterocycles. The smallest absolute Gasteiger partial charge is 0.291 e. The van der Waals surface area contributed by atoms with Gasteiger partial charge in [0.1, 0.15) is 70.1 Å². The van der Waals surface area contributed by atoms with E-state index in [0.717, 1.165) is 101 Å².